The Morgan fingerprint density at radius 2 is 2.17 bits per heavy atom. The van der Waals surface area contributed by atoms with Crippen LogP contribution >= 0.6 is 0 Å². The fourth-order valence-corrected chi connectivity index (χ4v) is 1.02. The van der Waals surface area contributed by atoms with Crippen LogP contribution in [0.3, 0.4) is 0 Å². The molecule has 1 rings (SSSR count). The molecule has 0 aliphatic carbocycles. The quantitative estimate of drug-likeness (QED) is 0.569. The third-order valence-electron chi connectivity index (χ3n) is 1.66. The predicted octanol–water partition coefficient (Wildman–Crippen LogP) is 2.02. The number of ether oxygens (including phenoxy) is 2. The molecule has 70 valence electrons. The molecule has 0 amide bonds. The van der Waals surface area contributed by atoms with Gasteiger partial charge in [-0.25, -0.2) is 0 Å². The van der Waals surface area contributed by atoms with Crippen LogP contribution in [0, 0.1) is 5.41 Å². The van der Waals surface area contributed by atoms with Gasteiger partial charge < -0.3 is 9.47 Å². The van der Waals surface area contributed by atoms with Gasteiger partial charge in [0.2, 0.25) is 6.23 Å². The largest absolute Gasteiger partial charge is 0.479 e. The van der Waals surface area contributed by atoms with Crippen LogP contribution in [0.1, 0.15) is 20.8 Å². The first-order valence-electron chi connectivity index (χ1n) is 3.81. The molecule has 0 saturated heterocycles. The van der Waals surface area contributed by atoms with Gasteiger partial charge in [0.15, 0.2) is 0 Å². The molecule has 0 saturated carbocycles. The summed E-state index contributed by atoms with van der Waals surface area (Å²) < 4.78 is 23.1. The van der Waals surface area contributed by atoms with Crippen molar-refractivity contribution in [3.05, 3.63) is 12.1 Å². The van der Waals surface area contributed by atoms with E-state index in [0.29, 0.717) is 5.12 Å². The normalized spacial score (nSPS) is 23.6. The fourth-order valence-electron chi connectivity index (χ4n) is 1.02. The second-order valence-corrected chi connectivity index (χ2v) is 3.83. The van der Waals surface area contributed by atoms with Gasteiger partial charge in [0.1, 0.15) is 6.26 Å². The molecule has 0 radical (unpaired) electrons. The first-order valence-corrected chi connectivity index (χ1v) is 3.81. The smallest absolute Gasteiger partial charge is 0.257 e. The molecular weight excluding hydrogens is 161 g/mol. The molecular formula is C8H14FNO2. The zero-order chi connectivity index (χ0) is 9.35. The molecule has 0 fully saturated rings. The number of rotatable bonds is 1. The summed E-state index contributed by atoms with van der Waals surface area (Å²) in [6.07, 6.45) is 0.697. The number of nitrogens with zero attached hydrogens (tertiary/aromatic N) is 1. The molecule has 0 spiro atoms. The van der Waals surface area contributed by atoms with E-state index in [1.54, 1.807) is 0 Å². The first kappa shape index (κ1) is 9.16. The topological polar surface area (TPSA) is 21.7 Å². The van der Waals surface area contributed by atoms with Crippen molar-refractivity contribution in [3.8, 4) is 0 Å². The van der Waals surface area contributed by atoms with E-state index in [-0.39, 0.29) is 11.3 Å². The molecule has 1 aliphatic rings. The highest BCUT2D eigenvalue weighted by molar-refractivity contribution is 4.94. The van der Waals surface area contributed by atoms with E-state index in [1.807, 2.05) is 20.8 Å². The van der Waals surface area contributed by atoms with Gasteiger partial charge in [0, 0.05) is 5.41 Å². The lowest BCUT2D eigenvalue weighted by Gasteiger charge is -2.28. The Bertz CT molecular complexity index is 198. The SMILES string of the molecule is COC1=COC(C(C)(C)C)N1F. The maximum Gasteiger partial charge on any atom is 0.257 e. The minimum Gasteiger partial charge on any atom is -0.479 e. The lowest BCUT2D eigenvalue weighted by Crippen LogP contribution is -2.36. The van der Waals surface area contributed by atoms with E-state index in [4.69, 9.17) is 9.47 Å². The van der Waals surface area contributed by atoms with Crippen LogP contribution in [0.5, 0.6) is 0 Å². The minimum absolute atomic E-state index is 0.120. The average molecular weight is 175 g/mol. The monoisotopic (exact) mass is 175 g/mol. The van der Waals surface area contributed by atoms with Crippen molar-refractivity contribution in [3.63, 3.8) is 0 Å². The second kappa shape index (κ2) is 2.84. The Hall–Kier alpha value is -0.930. The van der Waals surface area contributed by atoms with Gasteiger partial charge in [-0.05, 0) is 0 Å². The van der Waals surface area contributed by atoms with E-state index in [9.17, 15) is 4.48 Å². The van der Waals surface area contributed by atoms with Crippen LogP contribution in [0.15, 0.2) is 12.1 Å². The van der Waals surface area contributed by atoms with E-state index in [2.05, 4.69) is 0 Å². The van der Waals surface area contributed by atoms with Crippen LogP contribution in [0.25, 0.3) is 0 Å². The van der Waals surface area contributed by atoms with E-state index >= 15 is 0 Å². The van der Waals surface area contributed by atoms with Gasteiger partial charge in [-0.1, -0.05) is 25.3 Å². The maximum absolute atomic E-state index is 13.3. The molecule has 0 N–H and O–H groups in total. The zero-order valence-corrected chi connectivity index (χ0v) is 7.80. The van der Waals surface area contributed by atoms with E-state index in [0.717, 1.165) is 0 Å². The molecule has 0 aromatic heterocycles. The third kappa shape index (κ3) is 1.47. The molecule has 1 atom stereocenters. The van der Waals surface area contributed by atoms with Gasteiger partial charge in [0.25, 0.3) is 5.88 Å². The Morgan fingerprint density at radius 1 is 1.58 bits per heavy atom. The summed E-state index contributed by atoms with van der Waals surface area (Å²) in [7, 11) is 1.41. The Balaban J connectivity index is 2.67. The molecule has 12 heavy (non-hydrogen) atoms. The summed E-state index contributed by atoms with van der Waals surface area (Å²) in [5, 5.41) is 0.500. The minimum atomic E-state index is -0.590. The van der Waals surface area contributed by atoms with Gasteiger partial charge in [-0.2, -0.15) is 0 Å². The maximum atomic E-state index is 13.3. The number of hydrogen-bond acceptors (Lipinski definition) is 3. The van der Waals surface area contributed by atoms with Gasteiger partial charge in [-0.3, -0.25) is 0 Å². The highest BCUT2D eigenvalue weighted by Crippen LogP contribution is 2.32. The van der Waals surface area contributed by atoms with Gasteiger partial charge >= 0.3 is 0 Å². The predicted molar refractivity (Wildman–Crippen MR) is 42.4 cm³/mol. The summed E-state index contributed by atoms with van der Waals surface area (Å²) in [6.45, 7) is 5.70. The summed E-state index contributed by atoms with van der Waals surface area (Å²) in [4.78, 5) is 0. The third-order valence-corrected chi connectivity index (χ3v) is 1.66. The van der Waals surface area contributed by atoms with Crippen LogP contribution in [-0.2, 0) is 9.47 Å². The number of methoxy groups -OCH3 is 1. The highest BCUT2D eigenvalue weighted by atomic mass is 19.2. The van der Waals surface area contributed by atoms with Crippen LogP contribution in [-0.4, -0.2) is 18.5 Å². The zero-order valence-electron chi connectivity index (χ0n) is 7.80. The second-order valence-electron chi connectivity index (χ2n) is 3.83. The van der Waals surface area contributed by atoms with Crippen molar-refractivity contribution >= 4 is 0 Å². The number of hydrogen-bond donors (Lipinski definition) is 0. The van der Waals surface area contributed by atoms with E-state index in [1.165, 1.54) is 13.4 Å². The highest BCUT2D eigenvalue weighted by Gasteiger charge is 2.38. The Labute approximate surface area is 71.7 Å². The van der Waals surface area contributed by atoms with Gasteiger partial charge in [0.05, 0.1) is 7.11 Å². The Kier molecular flexibility index (Phi) is 2.17. The molecule has 1 aliphatic heterocycles. The fraction of sp³-hybridized carbons (Fsp3) is 0.750. The molecule has 1 heterocycles. The molecule has 0 aromatic carbocycles. The van der Waals surface area contributed by atoms with Crippen molar-refractivity contribution in [1.29, 1.82) is 0 Å². The summed E-state index contributed by atoms with van der Waals surface area (Å²) >= 11 is 0. The van der Waals surface area contributed by atoms with Crippen molar-refractivity contribution < 1.29 is 14.0 Å². The molecule has 4 heteroatoms. The molecule has 3 nitrogen and oxygen atoms in total. The number of halogens is 1. The van der Waals surface area contributed by atoms with Crippen LogP contribution in [0.4, 0.5) is 4.48 Å². The van der Waals surface area contributed by atoms with Crippen molar-refractivity contribution in [2.24, 2.45) is 5.41 Å². The molecule has 0 aromatic rings. The summed E-state index contributed by atoms with van der Waals surface area (Å²) in [5.74, 6) is 0.120. The lowest BCUT2D eigenvalue weighted by atomic mass is 9.94. The first-order chi connectivity index (χ1) is 5.46. The molecule has 0 bridgehead atoms. The van der Waals surface area contributed by atoms with Crippen molar-refractivity contribution in [1.82, 2.24) is 5.12 Å². The molecule has 1 unspecified atom stereocenters. The van der Waals surface area contributed by atoms with E-state index < -0.39 is 6.23 Å². The lowest BCUT2D eigenvalue weighted by molar-refractivity contribution is -0.140. The summed E-state index contributed by atoms with van der Waals surface area (Å²) in [5.41, 5.74) is -0.272. The van der Waals surface area contributed by atoms with Crippen LogP contribution in [0.2, 0.25) is 0 Å². The standard InChI is InChI=1S/C8H14FNO2/c1-8(2,3)7-10(9)6(11-4)5-12-7/h5,7H,1-4H3. The van der Waals surface area contributed by atoms with Gasteiger partial charge in [-0.15, -0.1) is 5.12 Å². The van der Waals surface area contributed by atoms with Crippen LogP contribution < -0.4 is 0 Å². The average Bonchev–Trinajstić information content (AvgIpc) is 2.29. The summed E-state index contributed by atoms with van der Waals surface area (Å²) in [6, 6.07) is 0. The Morgan fingerprint density at radius 3 is 2.42 bits per heavy atom. The van der Waals surface area contributed by atoms with Crippen molar-refractivity contribution in [2.75, 3.05) is 7.11 Å². The van der Waals surface area contributed by atoms with Crippen molar-refractivity contribution in [2.45, 2.75) is 27.0 Å².